The van der Waals surface area contributed by atoms with Crippen LogP contribution in [0.4, 0.5) is 15.8 Å². The van der Waals surface area contributed by atoms with E-state index >= 15 is 0 Å². The van der Waals surface area contributed by atoms with E-state index in [4.69, 9.17) is 16.7 Å². The first-order valence-electron chi connectivity index (χ1n) is 6.41. The summed E-state index contributed by atoms with van der Waals surface area (Å²) >= 11 is 6.02. The van der Waals surface area contributed by atoms with Crippen molar-refractivity contribution in [2.75, 3.05) is 5.32 Å². The largest absolute Gasteiger partial charge is 0.481 e. The third-order valence-corrected chi connectivity index (χ3v) is 3.46. The van der Waals surface area contributed by atoms with Gasteiger partial charge in [0.1, 0.15) is 0 Å². The van der Waals surface area contributed by atoms with Gasteiger partial charge in [0.05, 0.1) is 17.1 Å². The number of carbonyl (C=O) groups is 1. The maximum atomic E-state index is 14.2. The van der Waals surface area contributed by atoms with E-state index in [2.05, 4.69) is 5.32 Å². The lowest BCUT2D eigenvalue weighted by atomic mass is 10.1. The van der Waals surface area contributed by atoms with Gasteiger partial charge in [-0.15, -0.1) is 0 Å². The zero-order valence-corrected chi connectivity index (χ0v) is 12.5. The number of aliphatic carboxylic acids is 1. The third-order valence-electron chi connectivity index (χ3n) is 3.15. The summed E-state index contributed by atoms with van der Waals surface area (Å²) in [6.07, 6.45) is -0.144. The van der Waals surface area contributed by atoms with Crippen molar-refractivity contribution in [3.8, 4) is 0 Å². The fourth-order valence-electron chi connectivity index (χ4n) is 2.06. The van der Waals surface area contributed by atoms with Crippen molar-refractivity contribution in [3.63, 3.8) is 0 Å². The number of anilines is 2. The maximum Gasteiger partial charge on any atom is 0.307 e. The summed E-state index contributed by atoms with van der Waals surface area (Å²) in [5.74, 6) is -1.39. The molecule has 0 fully saturated rings. The molecule has 0 aromatic heterocycles. The molecule has 0 aliphatic heterocycles. The van der Waals surface area contributed by atoms with E-state index in [1.54, 1.807) is 31.2 Å². The van der Waals surface area contributed by atoms with Crippen molar-refractivity contribution < 1.29 is 14.3 Å². The highest BCUT2D eigenvalue weighted by Crippen LogP contribution is 2.32. The quantitative estimate of drug-likeness (QED) is 0.876. The van der Waals surface area contributed by atoms with Crippen LogP contribution in [0.15, 0.2) is 30.3 Å². The van der Waals surface area contributed by atoms with Crippen LogP contribution >= 0.6 is 11.6 Å². The Morgan fingerprint density at radius 2 is 2.00 bits per heavy atom. The number of aryl methyl sites for hydroxylation is 2. The van der Waals surface area contributed by atoms with E-state index < -0.39 is 11.8 Å². The van der Waals surface area contributed by atoms with Crippen molar-refractivity contribution in [3.05, 3.63) is 57.9 Å². The van der Waals surface area contributed by atoms with Gasteiger partial charge in [0, 0.05) is 5.69 Å². The molecule has 0 radical (unpaired) electrons. The van der Waals surface area contributed by atoms with Crippen LogP contribution in [0.25, 0.3) is 0 Å². The van der Waals surface area contributed by atoms with Crippen LogP contribution < -0.4 is 5.32 Å². The molecule has 2 aromatic carbocycles. The molecule has 2 aromatic rings. The number of carboxylic acid groups (broad SMARTS) is 1. The molecule has 0 amide bonds. The molecule has 2 N–H and O–H groups in total. The van der Waals surface area contributed by atoms with Gasteiger partial charge >= 0.3 is 5.97 Å². The van der Waals surface area contributed by atoms with Gasteiger partial charge < -0.3 is 10.4 Å². The van der Waals surface area contributed by atoms with Crippen LogP contribution in [-0.4, -0.2) is 11.1 Å². The maximum absolute atomic E-state index is 14.2. The van der Waals surface area contributed by atoms with Crippen molar-refractivity contribution in [2.45, 2.75) is 20.3 Å². The zero-order chi connectivity index (χ0) is 15.6. The number of hydrogen-bond acceptors (Lipinski definition) is 2. The highest BCUT2D eigenvalue weighted by molar-refractivity contribution is 6.33. The van der Waals surface area contributed by atoms with Gasteiger partial charge in [-0.25, -0.2) is 4.39 Å². The Morgan fingerprint density at radius 3 is 2.67 bits per heavy atom. The molecule has 110 valence electrons. The van der Waals surface area contributed by atoms with Gasteiger partial charge in [-0.1, -0.05) is 35.4 Å². The van der Waals surface area contributed by atoms with Gasteiger partial charge in [0.15, 0.2) is 5.82 Å². The van der Waals surface area contributed by atoms with Crippen LogP contribution in [0.5, 0.6) is 0 Å². The Labute approximate surface area is 127 Å². The van der Waals surface area contributed by atoms with E-state index in [0.29, 0.717) is 16.8 Å². The van der Waals surface area contributed by atoms with Crippen molar-refractivity contribution in [1.29, 1.82) is 0 Å². The Kier molecular flexibility index (Phi) is 4.48. The normalized spacial score (nSPS) is 10.5. The van der Waals surface area contributed by atoms with Gasteiger partial charge in [0.2, 0.25) is 0 Å². The van der Waals surface area contributed by atoms with E-state index in [9.17, 15) is 9.18 Å². The molecule has 0 aliphatic carbocycles. The summed E-state index contributed by atoms with van der Waals surface area (Å²) in [6.45, 7) is 3.51. The molecule has 0 saturated carbocycles. The summed E-state index contributed by atoms with van der Waals surface area (Å²) in [5.41, 5.74) is 2.68. The smallest absolute Gasteiger partial charge is 0.307 e. The molecule has 0 saturated heterocycles. The molecule has 0 unspecified atom stereocenters. The number of hydrogen-bond donors (Lipinski definition) is 2. The molecule has 3 nitrogen and oxygen atoms in total. The van der Waals surface area contributed by atoms with Crippen LogP contribution in [0.2, 0.25) is 5.02 Å². The molecule has 0 spiro atoms. The molecular formula is C16H15ClFNO2. The Balaban J connectivity index is 2.44. The molecule has 0 atom stereocenters. The van der Waals surface area contributed by atoms with Gasteiger partial charge in [-0.3, -0.25) is 4.79 Å². The summed E-state index contributed by atoms with van der Waals surface area (Å²) in [5, 5.41) is 12.1. The first kappa shape index (κ1) is 15.3. The summed E-state index contributed by atoms with van der Waals surface area (Å²) in [4.78, 5) is 10.9. The summed E-state index contributed by atoms with van der Waals surface area (Å²) in [7, 11) is 0. The molecule has 0 aliphatic rings. The van der Waals surface area contributed by atoms with E-state index in [1.807, 2.05) is 13.0 Å². The lowest BCUT2D eigenvalue weighted by Gasteiger charge is -2.14. The van der Waals surface area contributed by atoms with Crippen molar-refractivity contribution in [1.82, 2.24) is 0 Å². The summed E-state index contributed by atoms with van der Waals surface area (Å²) < 4.78 is 14.2. The minimum atomic E-state index is -0.945. The van der Waals surface area contributed by atoms with Crippen LogP contribution in [0, 0.1) is 19.7 Å². The number of benzene rings is 2. The SMILES string of the molecule is Cc1ccc(Nc2c(Cl)ccc(C)c2F)c(CC(=O)O)c1. The standard InChI is InChI=1S/C16H15ClFNO2/c1-9-3-6-13(11(7-9)8-14(20)21)19-16-12(17)5-4-10(2)15(16)18/h3-7,19H,8H2,1-2H3,(H,20,21). The second kappa shape index (κ2) is 6.14. The van der Waals surface area contributed by atoms with E-state index in [1.165, 1.54) is 0 Å². The predicted octanol–water partition coefficient (Wildman–Crippen LogP) is 4.47. The Morgan fingerprint density at radius 1 is 1.29 bits per heavy atom. The zero-order valence-electron chi connectivity index (χ0n) is 11.7. The fraction of sp³-hybridized carbons (Fsp3) is 0.188. The lowest BCUT2D eigenvalue weighted by molar-refractivity contribution is -0.136. The number of carboxylic acids is 1. The van der Waals surface area contributed by atoms with E-state index in [0.717, 1.165) is 5.56 Å². The molecular weight excluding hydrogens is 293 g/mol. The first-order chi connectivity index (χ1) is 9.88. The molecule has 21 heavy (non-hydrogen) atoms. The second-order valence-electron chi connectivity index (χ2n) is 4.91. The van der Waals surface area contributed by atoms with Crippen LogP contribution in [0.3, 0.4) is 0 Å². The average molecular weight is 308 g/mol. The third kappa shape index (κ3) is 3.52. The minimum Gasteiger partial charge on any atom is -0.481 e. The number of nitrogens with one attached hydrogen (secondary N) is 1. The summed E-state index contributed by atoms with van der Waals surface area (Å²) in [6, 6.07) is 8.52. The monoisotopic (exact) mass is 307 g/mol. The van der Waals surface area contributed by atoms with Gasteiger partial charge in [0.25, 0.3) is 0 Å². The first-order valence-corrected chi connectivity index (χ1v) is 6.79. The fourth-order valence-corrected chi connectivity index (χ4v) is 2.25. The Hall–Kier alpha value is -2.07. The average Bonchev–Trinajstić information content (AvgIpc) is 2.41. The highest BCUT2D eigenvalue weighted by atomic mass is 35.5. The molecule has 2 rings (SSSR count). The predicted molar refractivity (Wildman–Crippen MR) is 81.9 cm³/mol. The van der Waals surface area contributed by atoms with Crippen molar-refractivity contribution >= 4 is 28.9 Å². The van der Waals surface area contributed by atoms with Gasteiger partial charge in [-0.05, 0) is 37.1 Å². The van der Waals surface area contributed by atoms with Gasteiger partial charge in [-0.2, -0.15) is 0 Å². The topological polar surface area (TPSA) is 49.3 Å². The second-order valence-corrected chi connectivity index (χ2v) is 5.32. The minimum absolute atomic E-state index is 0.144. The van der Waals surface area contributed by atoms with Crippen LogP contribution in [-0.2, 0) is 11.2 Å². The number of halogens is 2. The Bertz CT molecular complexity index is 701. The highest BCUT2D eigenvalue weighted by Gasteiger charge is 2.13. The van der Waals surface area contributed by atoms with E-state index in [-0.39, 0.29) is 17.1 Å². The number of rotatable bonds is 4. The van der Waals surface area contributed by atoms with Crippen molar-refractivity contribution in [2.24, 2.45) is 0 Å². The molecule has 0 heterocycles. The molecule has 5 heteroatoms. The molecule has 0 bridgehead atoms. The van der Waals surface area contributed by atoms with Crippen LogP contribution in [0.1, 0.15) is 16.7 Å². The lowest BCUT2D eigenvalue weighted by Crippen LogP contribution is -2.05.